The number of ether oxygens (including phenoxy) is 1. The number of carboxylic acid groups (broad SMARTS) is 1. The van der Waals surface area contributed by atoms with Gasteiger partial charge in [-0.1, -0.05) is 0 Å². The van der Waals surface area contributed by atoms with E-state index in [9.17, 15) is 14.7 Å². The molecule has 1 N–H and O–H groups in total. The topological polar surface area (TPSA) is 79.7 Å². The van der Waals surface area contributed by atoms with Crippen LogP contribution in [0.4, 0.5) is 4.79 Å². The summed E-state index contributed by atoms with van der Waals surface area (Å²) < 4.78 is 5.32. The van der Waals surface area contributed by atoms with Crippen LogP contribution in [0, 0.1) is 6.92 Å². The van der Waals surface area contributed by atoms with Gasteiger partial charge in [-0.2, -0.15) is 0 Å². The van der Waals surface area contributed by atoms with Crippen molar-refractivity contribution in [2.75, 3.05) is 6.54 Å². The van der Waals surface area contributed by atoms with Gasteiger partial charge in [0.1, 0.15) is 11.6 Å². The minimum atomic E-state index is -1.00. The first kappa shape index (κ1) is 16.3. The predicted octanol–water partition coefficient (Wildman–Crippen LogP) is 2.57. The molecular weight excluding hydrogens is 284 g/mol. The SMILES string of the molecule is Cc1ccncc1C1C[C@H](C(=O)O)N(C(=O)OC(C)(C)C)C1. The number of pyridine rings is 1. The van der Waals surface area contributed by atoms with Gasteiger partial charge in [0.15, 0.2) is 0 Å². The van der Waals surface area contributed by atoms with Gasteiger partial charge in [0.05, 0.1) is 0 Å². The number of hydrogen-bond acceptors (Lipinski definition) is 4. The third-order valence-corrected chi connectivity index (χ3v) is 3.73. The number of carbonyl (C=O) groups is 2. The number of amides is 1. The summed E-state index contributed by atoms with van der Waals surface area (Å²) in [5, 5.41) is 9.40. The third-order valence-electron chi connectivity index (χ3n) is 3.73. The van der Waals surface area contributed by atoms with Crippen LogP contribution in [0.1, 0.15) is 44.2 Å². The number of carbonyl (C=O) groups excluding carboxylic acids is 1. The summed E-state index contributed by atoms with van der Waals surface area (Å²) in [5.41, 5.74) is 1.39. The lowest BCUT2D eigenvalue weighted by molar-refractivity contribution is -0.142. The molecule has 120 valence electrons. The number of aromatic nitrogens is 1. The fourth-order valence-electron chi connectivity index (χ4n) is 2.72. The van der Waals surface area contributed by atoms with Crippen molar-refractivity contribution in [2.45, 2.75) is 51.7 Å². The Morgan fingerprint density at radius 2 is 2.09 bits per heavy atom. The number of likely N-dealkylation sites (tertiary alicyclic amines) is 1. The summed E-state index contributed by atoms with van der Waals surface area (Å²) in [7, 11) is 0. The first-order chi connectivity index (χ1) is 10.2. The smallest absolute Gasteiger partial charge is 0.411 e. The Bertz CT molecular complexity index is 580. The van der Waals surface area contributed by atoms with E-state index in [2.05, 4.69) is 4.98 Å². The molecule has 22 heavy (non-hydrogen) atoms. The summed E-state index contributed by atoms with van der Waals surface area (Å²) in [4.78, 5) is 29.2. The summed E-state index contributed by atoms with van der Waals surface area (Å²) in [6.07, 6.45) is 3.25. The molecule has 1 aromatic rings. The summed E-state index contributed by atoms with van der Waals surface area (Å²) in [6, 6.07) is 1.03. The fraction of sp³-hybridized carbons (Fsp3) is 0.562. The van der Waals surface area contributed by atoms with E-state index >= 15 is 0 Å². The maximum absolute atomic E-state index is 12.3. The number of carboxylic acids is 1. The molecule has 0 spiro atoms. The van der Waals surface area contributed by atoms with Crippen LogP contribution in [-0.4, -0.2) is 45.2 Å². The van der Waals surface area contributed by atoms with Crippen LogP contribution in [0.3, 0.4) is 0 Å². The molecule has 1 saturated heterocycles. The van der Waals surface area contributed by atoms with Gasteiger partial charge < -0.3 is 9.84 Å². The molecule has 1 aliphatic heterocycles. The first-order valence-corrected chi connectivity index (χ1v) is 7.32. The van der Waals surface area contributed by atoms with E-state index in [1.54, 1.807) is 33.2 Å². The third kappa shape index (κ3) is 3.55. The van der Waals surface area contributed by atoms with Crippen molar-refractivity contribution in [1.82, 2.24) is 9.88 Å². The van der Waals surface area contributed by atoms with Crippen LogP contribution in [0.2, 0.25) is 0 Å². The number of nitrogens with zero attached hydrogens (tertiary/aromatic N) is 2. The molecule has 2 atom stereocenters. The van der Waals surface area contributed by atoms with Crippen LogP contribution >= 0.6 is 0 Å². The van der Waals surface area contributed by atoms with Crippen molar-refractivity contribution in [2.24, 2.45) is 0 Å². The summed E-state index contributed by atoms with van der Waals surface area (Å²) >= 11 is 0. The fourth-order valence-corrected chi connectivity index (χ4v) is 2.72. The van der Waals surface area contributed by atoms with Crippen molar-refractivity contribution >= 4 is 12.1 Å². The highest BCUT2D eigenvalue weighted by Crippen LogP contribution is 2.34. The Kier molecular flexibility index (Phi) is 4.39. The minimum absolute atomic E-state index is 0.0395. The number of hydrogen-bond donors (Lipinski definition) is 1. The van der Waals surface area contributed by atoms with E-state index in [0.717, 1.165) is 11.1 Å². The van der Waals surface area contributed by atoms with Gasteiger partial charge in [-0.05, 0) is 51.3 Å². The Labute approximate surface area is 130 Å². The molecule has 2 heterocycles. The Morgan fingerprint density at radius 3 is 2.64 bits per heavy atom. The zero-order valence-electron chi connectivity index (χ0n) is 13.4. The normalized spacial score (nSPS) is 21.7. The predicted molar refractivity (Wildman–Crippen MR) is 80.7 cm³/mol. The van der Waals surface area contributed by atoms with Crippen LogP contribution in [0.15, 0.2) is 18.5 Å². The van der Waals surface area contributed by atoms with E-state index in [1.165, 1.54) is 4.90 Å². The van der Waals surface area contributed by atoms with E-state index in [0.29, 0.717) is 13.0 Å². The molecule has 0 aromatic carbocycles. The molecule has 0 radical (unpaired) electrons. The van der Waals surface area contributed by atoms with Gasteiger partial charge in [-0.3, -0.25) is 9.88 Å². The van der Waals surface area contributed by atoms with Crippen LogP contribution in [-0.2, 0) is 9.53 Å². The highest BCUT2D eigenvalue weighted by Gasteiger charge is 2.42. The molecule has 0 bridgehead atoms. The molecule has 1 unspecified atom stereocenters. The summed E-state index contributed by atoms with van der Waals surface area (Å²) in [5.74, 6) is -1.04. The number of rotatable bonds is 2. The molecule has 2 rings (SSSR count). The van der Waals surface area contributed by atoms with Crippen LogP contribution in [0.5, 0.6) is 0 Å². The van der Waals surface area contributed by atoms with E-state index in [1.807, 2.05) is 13.0 Å². The Morgan fingerprint density at radius 1 is 1.41 bits per heavy atom. The lowest BCUT2D eigenvalue weighted by Crippen LogP contribution is -2.43. The zero-order chi connectivity index (χ0) is 16.5. The number of aliphatic carboxylic acids is 1. The standard InChI is InChI=1S/C16H22N2O4/c1-10-5-6-17-8-12(10)11-7-13(14(19)20)18(9-11)15(21)22-16(2,3)4/h5-6,8,11,13H,7,9H2,1-4H3,(H,19,20)/t11?,13-/m1/s1. The molecule has 0 saturated carbocycles. The van der Waals surface area contributed by atoms with Crippen molar-refractivity contribution in [1.29, 1.82) is 0 Å². The molecule has 6 nitrogen and oxygen atoms in total. The second kappa shape index (κ2) is 5.94. The van der Waals surface area contributed by atoms with Gasteiger partial charge in [-0.15, -0.1) is 0 Å². The van der Waals surface area contributed by atoms with Crippen molar-refractivity contribution < 1.29 is 19.4 Å². The molecule has 1 amide bonds. The molecular formula is C16H22N2O4. The largest absolute Gasteiger partial charge is 0.480 e. The van der Waals surface area contributed by atoms with Gasteiger partial charge in [0.25, 0.3) is 0 Å². The highest BCUT2D eigenvalue weighted by atomic mass is 16.6. The highest BCUT2D eigenvalue weighted by molar-refractivity contribution is 5.81. The monoisotopic (exact) mass is 306 g/mol. The molecule has 1 aromatic heterocycles. The van der Waals surface area contributed by atoms with Crippen molar-refractivity contribution in [3.63, 3.8) is 0 Å². The van der Waals surface area contributed by atoms with E-state index < -0.39 is 23.7 Å². The van der Waals surface area contributed by atoms with Crippen LogP contribution < -0.4 is 0 Å². The van der Waals surface area contributed by atoms with Crippen molar-refractivity contribution in [3.8, 4) is 0 Å². The lowest BCUT2D eigenvalue weighted by Gasteiger charge is -2.26. The second-order valence-corrected chi connectivity index (χ2v) is 6.65. The van der Waals surface area contributed by atoms with Crippen LogP contribution in [0.25, 0.3) is 0 Å². The van der Waals surface area contributed by atoms with Gasteiger partial charge in [-0.25, -0.2) is 9.59 Å². The quantitative estimate of drug-likeness (QED) is 0.908. The Hall–Kier alpha value is -2.11. The van der Waals surface area contributed by atoms with Gasteiger partial charge in [0.2, 0.25) is 0 Å². The van der Waals surface area contributed by atoms with Gasteiger partial charge >= 0.3 is 12.1 Å². The average Bonchev–Trinajstić information content (AvgIpc) is 2.82. The number of aryl methyl sites for hydroxylation is 1. The second-order valence-electron chi connectivity index (χ2n) is 6.65. The van der Waals surface area contributed by atoms with E-state index in [4.69, 9.17) is 4.74 Å². The van der Waals surface area contributed by atoms with Gasteiger partial charge in [0, 0.05) is 24.9 Å². The zero-order valence-corrected chi connectivity index (χ0v) is 13.4. The summed E-state index contributed by atoms with van der Waals surface area (Å²) in [6.45, 7) is 7.58. The molecule has 1 aliphatic rings. The average molecular weight is 306 g/mol. The van der Waals surface area contributed by atoms with E-state index in [-0.39, 0.29) is 5.92 Å². The molecule has 6 heteroatoms. The minimum Gasteiger partial charge on any atom is -0.480 e. The lowest BCUT2D eigenvalue weighted by atomic mass is 9.94. The molecule has 0 aliphatic carbocycles. The van der Waals surface area contributed by atoms with Crippen molar-refractivity contribution in [3.05, 3.63) is 29.6 Å². The molecule has 1 fully saturated rings. The first-order valence-electron chi connectivity index (χ1n) is 7.32. The maximum Gasteiger partial charge on any atom is 0.411 e. The Balaban J connectivity index is 2.22. The maximum atomic E-state index is 12.3.